The Kier molecular flexibility index (Phi) is 5.10. The van der Waals surface area contributed by atoms with Crippen molar-refractivity contribution < 1.29 is 14.2 Å². The third-order valence-corrected chi connectivity index (χ3v) is 3.81. The minimum atomic E-state index is 0.246. The molecule has 0 aliphatic heterocycles. The number of methoxy groups -OCH3 is 3. The maximum absolute atomic E-state index is 5.48. The minimum absolute atomic E-state index is 0.246. The van der Waals surface area contributed by atoms with Crippen LogP contribution in [0.3, 0.4) is 0 Å². The Morgan fingerprint density at radius 3 is 1.74 bits per heavy atom. The number of hydrogen-bond donors (Lipinski definition) is 0. The Balaban J connectivity index is 3.17. The lowest BCUT2D eigenvalue weighted by molar-refractivity contribution is 0.254. The summed E-state index contributed by atoms with van der Waals surface area (Å²) in [7, 11) is 5.00. The van der Waals surface area contributed by atoms with Gasteiger partial charge in [0.2, 0.25) is 0 Å². The zero-order valence-corrected chi connectivity index (χ0v) is 13.2. The van der Waals surface area contributed by atoms with E-state index in [1.54, 1.807) is 21.3 Å². The molecule has 0 spiro atoms. The summed E-state index contributed by atoms with van der Waals surface area (Å²) in [6, 6.07) is 3.82. The van der Waals surface area contributed by atoms with Crippen LogP contribution in [0.4, 0.5) is 0 Å². The fourth-order valence-corrected chi connectivity index (χ4v) is 1.89. The highest BCUT2D eigenvalue weighted by atomic mass is 16.5. The predicted octanol–water partition coefficient (Wildman–Crippen LogP) is 3.94. The fourth-order valence-electron chi connectivity index (χ4n) is 1.89. The molecular weight excluding hydrogens is 240 g/mol. The average molecular weight is 266 g/mol. The van der Waals surface area contributed by atoms with Crippen molar-refractivity contribution in [2.75, 3.05) is 21.3 Å². The van der Waals surface area contributed by atoms with Gasteiger partial charge in [0.1, 0.15) is 17.2 Å². The van der Waals surface area contributed by atoms with E-state index in [1.807, 2.05) is 12.1 Å². The minimum Gasteiger partial charge on any atom is -0.496 e. The Morgan fingerprint density at radius 1 is 0.947 bits per heavy atom. The number of ether oxygens (including phenoxy) is 3. The zero-order chi connectivity index (χ0) is 14.6. The monoisotopic (exact) mass is 266 g/mol. The highest BCUT2D eigenvalue weighted by Gasteiger charge is 2.24. The summed E-state index contributed by atoms with van der Waals surface area (Å²) in [5, 5.41) is 0. The Labute approximate surface area is 116 Å². The first-order valence-electron chi connectivity index (χ1n) is 6.62. The van der Waals surface area contributed by atoms with Crippen LogP contribution in [-0.2, 0) is 6.42 Å². The molecule has 1 aromatic rings. The number of benzene rings is 1. The standard InChI is InChI=1S/C16H26O3/c1-11(16(2,3)4)8-13-14(18-6)9-12(17-5)10-15(13)19-7/h9-11H,8H2,1-7H3. The second-order valence-electron chi connectivity index (χ2n) is 5.98. The van der Waals surface area contributed by atoms with Crippen molar-refractivity contribution in [2.24, 2.45) is 11.3 Å². The van der Waals surface area contributed by atoms with Gasteiger partial charge in [0.15, 0.2) is 0 Å². The topological polar surface area (TPSA) is 27.7 Å². The summed E-state index contributed by atoms with van der Waals surface area (Å²) < 4.78 is 16.2. The van der Waals surface area contributed by atoms with Gasteiger partial charge in [-0.05, 0) is 17.8 Å². The van der Waals surface area contributed by atoms with Gasteiger partial charge in [0, 0.05) is 17.7 Å². The lowest BCUT2D eigenvalue weighted by atomic mass is 9.78. The molecule has 3 nitrogen and oxygen atoms in total. The largest absolute Gasteiger partial charge is 0.496 e. The Bertz CT molecular complexity index is 393. The normalized spacial score (nSPS) is 13.0. The van der Waals surface area contributed by atoms with Crippen molar-refractivity contribution in [1.82, 2.24) is 0 Å². The molecule has 0 N–H and O–H groups in total. The molecule has 1 rings (SSSR count). The molecule has 1 unspecified atom stereocenters. The molecule has 0 fully saturated rings. The first-order valence-corrected chi connectivity index (χ1v) is 6.62. The summed E-state index contributed by atoms with van der Waals surface area (Å²) >= 11 is 0. The van der Waals surface area contributed by atoms with Crippen LogP contribution < -0.4 is 14.2 Å². The maximum Gasteiger partial charge on any atom is 0.129 e. The average Bonchev–Trinajstić information content (AvgIpc) is 2.37. The quantitative estimate of drug-likeness (QED) is 0.808. The van der Waals surface area contributed by atoms with E-state index >= 15 is 0 Å². The second kappa shape index (κ2) is 6.18. The molecule has 0 heterocycles. The molecule has 1 atom stereocenters. The molecule has 19 heavy (non-hydrogen) atoms. The summed E-state index contributed by atoms with van der Waals surface area (Å²) in [6.07, 6.45) is 0.917. The second-order valence-corrected chi connectivity index (χ2v) is 5.98. The van der Waals surface area contributed by atoms with Crippen molar-refractivity contribution in [3.8, 4) is 17.2 Å². The summed E-state index contributed by atoms with van der Waals surface area (Å²) in [5.74, 6) is 2.92. The van der Waals surface area contributed by atoms with Gasteiger partial charge in [0.05, 0.1) is 21.3 Å². The first kappa shape index (κ1) is 15.7. The molecule has 0 saturated carbocycles. The van der Waals surface area contributed by atoms with Crippen LogP contribution in [0.15, 0.2) is 12.1 Å². The molecule has 108 valence electrons. The zero-order valence-electron chi connectivity index (χ0n) is 13.2. The van der Waals surface area contributed by atoms with Crippen molar-refractivity contribution in [1.29, 1.82) is 0 Å². The Hall–Kier alpha value is -1.38. The predicted molar refractivity (Wildman–Crippen MR) is 78.4 cm³/mol. The van der Waals surface area contributed by atoms with E-state index < -0.39 is 0 Å². The van der Waals surface area contributed by atoms with Crippen molar-refractivity contribution >= 4 is 0 Å². The SMILES string of the molecule is COc1cc(OC)c(CC(C)C(C)(C)C)c(OC)c1. The molecule has 0 aromatic heterocycles. The molecule has 0 amide bonds. The highest BCUT2D eigenvalue weighted by Crippen LogP contribution is 2.38. The van der Waals surface area contributed by atoms with E-state index in [4.69, 9.17) is 14.2 Å². The molecular formula is C16H26O3. The van der Waals surface area contributed by atoms with Gasteiger partial charge in [-0.25, -0.2) is 0 Å². The van der Waals surface area contributed by atoms with E-state index in [1.165, 1.54) is 0 Å². The molecule has 1 aromatic carbocycles. The lowest BCUT2D eigenvalue weighted by Crippen LogP contribution is -2.20. The van der Waals surface area contributed by atoms with E-state index in [-0.39, 0.29) is 5.41 Å². The molecule has 0 radical (unpaired) electrons. The van der Waals surface area contributed by atoms with Crippen LogP contribution in [0, 0.1) is 11.3 Å². The Morgan fingerprint density at radius 2 is 1.42 bits per heavy atom. The highest BCUT2D eigenvalue weighted by molar-refractivity contribution is 5.51. The molecule has 0 bridgehead atoms. The van der Waals surface area contributed by atoms with Crippen LogP contribution in [0.5, 0.6) is 17.2 Å². The van der Waals surface area contributed by atoms with Crippen LogP contribution in [0.1, 0.15) is 33.3 Å². The maximum atomic E-state index is 5.48. The molecule has 0 aliphatic carbocycles. The summed E-state index contributed by atoms with van der Waals surface area (Å²) in [4.78, 5) is 0. The van der Waals surface area contributed by atoms with Gasteiger partial charge in [-0.15, -0.1) is 0 Å². The van der Waals surface area contributed by atoms with Gasteiger partial charge in [-0.3, -0.25) is 0 Å². The van der Waals surface area contributed by atoms with Crippen LogP contribution in [0.25, 0.3) is 0 Å². The van der Waals surface area contributed by atoms with Crippen molar-refractivity contribution in [3.05, 3.63) is 17.7 Å². The third-order valence-electron chi connectivity index (χ3n) is 3.81. The van der Waals surface area contributed by atoms with Crippen LogP contribution in [-0.4, -0.2) is 21.3 Å². The first-order chi connectivity index (χ1) is 8.83. The van der Waals surface area contributed by atoms with E-state index in [9.17, 15) is 0 Å². The van der Waals surface area contributed by atoms with Gasteiger partial charge in [-0.2, -0.15) is 0 Å². The van der Waals surface area contributed by atoms with Crippen molar-refractivity contribution in [3.63, 3.8) is 0 Å². The molecule has 0 saturated heterocycles. The van der Waals surface area contributed by atoms with E-state index in [0.717, 1.165) is 29.2 Å². The fraction of sp³-hybridized carbons (Fsp3) is 0.625. The smallest absolute Gasteiger partial charge is 0.129 e. The third kappa shape index (κ3) is 3.79. The van der Waals surface area contributed by atoms with Gasteiger partial charge < -0.3 is 14.2 Å². The summed E-state index contributed by atoms with van der Waals surface area (Å²) in [5.41, 5.74) is 1.35. The number of hydrogen-bond acceptors (Lipinski definition) is 3. The van der Waals surface area contributed by atoms with E-state index in [2.05, 4.69) is 27.7 Å². The van der Waals surface area contributed by atoms with Crippen LogP contribution in [0.2, 0.25) is 0 Å². The van der Waals surface area contributed by atoms with Gasteiger partial charge >= 0.3 is 0 Å². The van der Waals surface area contributed by atoms with E-state index in [0.29, 0.717) is 5.92 Å². The van der Waals surface area contributed by atoms with Crippen molar-refractivity contribution in [2.45, 2.75) is 34.1 Å². The molecule has 0 aliphatic rings. The number of rotatable bonds is 5. The van der Waals surface area contributed by atoms with Crippen LogP contribution >= 0.6 is 0 Å². The van der Waals surface area contributed by atoms with Gasteiger partial charge in [0.25, 0.3) is 0 Å². The van der Waals surface area contributed by atoms with Gasteiger partial charge in [-0.1, -0.05) is 27.7 Å². The summed E-state index contributed by atoms with van der Waals surface area (Å²) in [6.45, 7) is 9.00. The lowest BCUT2D eigenvalue weighted by Gasteiger charge is -2.28. The molecule has 3 heteroatoms.